The summed E-state index contributed by atoms with van der Waals surface area (Å²) in [5.74, 6) is -0.332. The lowest BCUT2D eigenvalue weighted by atomic mass is 10.1. The molecule has 0 bridgehead atoms. The molecule has 1 aromatic carbocycles. The highest BCUT2D eigenvalue weighted by atomic mass is 35.5. The van der Waals surface area contributed by atoms with Crippen molar-refractivity contribution in [1.29, 1.82) is 0 Å². The molecule has 0 saturated carbocycles. The van der Waals surface area contributed by atoms with Gasteiger partial charge in [0.15, 0.2) is 0 Å². The van der Waals surface area contributed by atoms with E-state index in [1.165, 1.54) is 5.01 Å². The molecule has 6 heteroatoms. The second-order valence-corrected chi connectivity index (χ2v) is 5.15. The van der Waals surface area contributed by atoms with Crippen LogP contribution < -0.4 is 5.32 Å². The normalized spacial score (nSPS) is 16.6. The van der Waals surface area contributed by atoms with Crippen molar-refractivity contribution < 1.29 is 9.59 Å². The minimum absolute atomic E-state index is 0.0792. The first-order valence-electron chi connectivity index (χ1n) is 6.37. The van der Waals surface area contributed by atoms with Gasteiger partial charge in [-0.1, -0.05) is 23.7 Å². The van der Waals surface area contributed by atoms with Gasteiger partial charge in [-0.2, -0.15) is 5.10 Å². The molecule has 5 nitrogen and oxygen atoms in total. The zero-order valence-corrected chi connectivity index (χ0v) is 12.1. The van der Waals surface area contributed by atoms with Gasteiger partial charge in [-0.05, 0) is 24.6 Å². The first-order valence-corrected chi connectivity index (χ1v) is 6.75. The summed E-state index contributed by atoms with van der Waals surface area (Å²) in [7, 11) is 1.55. The standard InChI is InChI=1S/C14H16ClN3O2/c1-9(10-4-3-5-11(15)8-10)16-14(20)12-6-7-13(19)18(2)17-12/h3-5,8-9H,6-7H2,1-2H3,(H,16,20). The van der Waals surface area contributed by atoms with Gasteiger partial charge in [0.05, 0.1) is 6.04 Å². The van der Waals surface area contributed by atoms with Crippen molar-refractivity contribution in [2.75, 3.05) is 7.05 Å². The second kappa shape index (κ2) is 6.05. The Kier molecular flexibility index (Phi) is 4.39. The van der Waals surface area contributed by atoms with Gasteiger partial charge in [-0.15, -0.1) is 0 Å². The van der Waals surface area contributed by atoms with Gasteiger partial charge in [0.25, 0.3) is 5.91 Å². The van der Waals surface area contributed by atoms with Crippen molar-refractivity contribution in [3.05, 3.63) is 34.9 Å². The van der Waals surface area contributed by atoms with Gasteiger partial charge in [0.1, 0.15) is 5.71 Å². The number of hydrogen-bond donors (Lipinski definition) is 1. The molecule has 1 heterocycles. The van der Waals surface area contributed by atoms with Crippen LogP contribution in [0.15, 0.2) is 29.4 Å². The molecule has 1 unspecified atom stereocenters. The summed E-state index contributed by atoms with van der Waals surface area (Å²) in [6.45, 7) is 1.88. The maximum atomic E-state index is 12.1. The van der Waals surface area contributed by atoms with Crippen molar-refractivity contribution in [3.63, 3.8) is 0 Å². The number of hydrogen-bond acceptors (Lipinski definition) is 3. The first-order chi connectivity index (χ1) is 9.47. The first kappa shape index (κ1) is 14.5. The van der Waals surface area contributed by atoms with E-state index in [4.69, 9.17) is 11.6 Å². The van der Waals surface area contributed by atoms with E-state index in [1.54, 1.807) is 13.1 Å². The van der Waals surface area contributed by atoms with Crippen LogP contribution in [0.2, 0.25) is 5.02 Å². The van der Waals surface area contributed by atoms with E-state index in [9.17, 15) is 9.59 Å². The van der Waals surface area contributed by atoms with Gasteiger partial charge in [-0.3, -0.25) is 9.59 Å². The third-order valence-corrected chi connectivity index (χ3v) is 3.40. The largest absolute Gasteiger partial charge is 0.344 e. The molecule has 0 aliphatic carbocycles. The van der Waals surface area contributed by atoms with E-state index in [0.29, 0.717) is 23.6 Å². The maximum Gasteiger partial charge on any atom is 0.267 e. The highest BCUT2D eigenvalue weighted by molar-refractivity contribution is 6.39. The summed E-state index contributed by atoms with van der Waals surface area (Å²) < 4.78 is 0. The van der Waals surface area contributed by atoms with Crippen LogP contribution in [0.25, 0.3) is 0 Å². The smallest absolute Gasteiger partial charge is 0.267 e. The molecule has 0 spiro atoms. The average Bonchev–Trinajstić information content (AvgIpc) is 2.41. The van der Waals surface area contributed by atoms with Crippen molar-refractivity contribution in [1.82, 2.24) is 10.3 Å². The van der Waals surface area contributed by atoms with Crippen LogP contribution in [0.4, 0.5) is 0 Å². The van der Waals surface area contributed by atoms with Crippen LogP contribution in [0.1, 0.15) is 31.4 Å². The third-order valence-electron chi connectivity index (χ3n) is 3.17. The lowest BCUT2D eigenvalue weighted by Gasteiger charge is -2.20. The zero-order valence-electron chi connectivity index (χ0n) is 11.4. The van der Waals surface area contributed by atoms with E-state index in [1.807, 2.05) is 25.1 Å². The minimum Gasteiger partial charge on any atom is -0.344 e. The predicted octanol–water partition coefficient (Wildman–Crippen LogP) is 2.13. The number of benzene rings is 1. The van der Waals surface area contributed by atoms with Crippen molar-refractivity contribution >= 4 is 29.1 Å². The van der Waals surface area contributed by atoms with Crippen LogP contribution in [-0.4, -0.2) is 29.6 Å². The zero-order chi connectivity index (χ0) is 14.7. The van der Waals surface area contributed by atoms with Crippen LogP contribution in [0, 0.1) is 0 Å². The Labute approximate surface area is 122 Å². The predicted molar refractivity (Wildman–Crippen MR) is 77.4 cm³/mol. The number of halogens is 1. The SMILES string of the molecule is CC(NC(=O)C1=NN(C)C(=O)CC1)c1cccc(Cl)c1. The molecule has 1 aliphatic rings. The van der Waals surface area contributed by atoms with E-state index in [2.05, 4.69) is 10.4 Å². The molecule has 20 heavy (non-hydrogen) atoms. The van der Waals surface area contributed by atoms with Crippen LogP contribution in [0.3, 0.4) is 0 Å². The lowest BCUT2D eigenvalue weighted by molar-refractivity contribution is -0.130. The Morgan fingerprint density at radius 3 is 2.85 bits per heavy atom. The van der Waals surface area contributed by atoms with Gasteiger partial charge >= 0.3 is 0 Å². The molecule has 1 aliphatic heterocycles. The molecule has 1 aromatic rings. The van der Waals surface area contributed by atoms with E-state index in [-0.39, 0.29) is 17.9 Å². The number of nitrogens with one attached hydrogen (secondary N) is 1. The van der Waals surface area contributed by atoms with Gasteiger partial charge in [0, 0.05) is 24.9 Å². The topological polar surface area (TPSA) is 61.8 Å². The Hall–Kier alpha value is -1.88. The summed E-state index contributed by atoms with van der Waals surface area (Å²) in [5.41, 5.74) is 1.30. The molecule has 1 atom stereocenters. The Morgan fingerprint density at radius 2 is 2.20 bits per heavy atom. The van der Waals surface area contributed by atoms with Crippen molar-refractivity contribution in [3.8, 4) is 0 Å². The molecular formula is C14H16ClN3O2. The van der Waals surface area contributed by atoms with Gasteiger partial charge in [-0.25, -0.2) is 5.01 Å². The number of carbonyl (C=O) groups excluding carboxylic acids is 2. The summed E-state index contributed by atoms with van der Waals surface area (Å²) in [6.07, 6.45) is 0.686. The Morgan fingerprint density at radius 1 is 1.45 bits per heavy atom. The van der Waals surface area contributed by atoms with Crippen LogP contribution >= 0.6 is 11.6 Å². The van der Waals surface area contributed by atoms with Crippen molar-refractivity contribution in [2.45, 2.75) is 25.8 Å². The number of amides is 2. The fourth-order valence-corrected chi connectivity index (χ4v) is 2.17. The van der Waals surface area contributed by atoms with Gasteiger partial charge in [0.2, 0.25) is 5.91 Å². The highest BCUT2D eigenvalue weighted by Crippen LogP contribution is 2.17. The lowest BCUT2D eigenvalue weighted by Crippen LogP contribution is -2.38. The van der Waals surface area contributed by atoms with Crippen molar-refractivity contribution in [2.24, 2.45) is 5.10 Å². The monoisotopic (exact) mass is 293 g/mol. The molecule has 106 valence electrons. The number of hydrazone groups is 1. The Bertz CT molecular complexity index is 571. The summed E-state index contributed by atoms with van der Waals surface area (Å²) in [6, 6.07) is 7.16. The fraction of sp³-hybridized carbons (Fsp3) is 0.357. The van der Waals surface area contributed by atoms with Crippen LogP contribution in [0.5, 0.6) is 0 Å². The quantitative estimate of drug-likeness (QED) is 0.928. The van der Waals surface area contributed by atoms with E-state index in [0.717, 1.165) is 5.56 Å². The average molecular weight is 294 g/mol. The summed E-state index contributed by atoms with van der Waals surface area (Å²) in [4.78, 5) is 23.4. The molecule has 0 aromatic heterocycles. The maximum absolute atomic E-state index is 12.1. The molecule has 1 N–H and O–H groups in total. The highest BCUT2D eigenvalue weighted by Gasteiger charge is 2.23. The van der Waals surface area contributed by atoms with Crippen LogP contribution in [-0.2, 0) is 9.59 Å². The van der Waals surface area contributed by atoms with Gasteiger partial charge < -0.3 is 5.32 Å². The molecule has 0 fully saturated rings. The van der Waals surface area contributed by atoms with E-state index < -0.39 is 0 Å². The minimum atomic E-state index is -0.253. The number of nitrogens with zero attached hydrogens (tertiary/aromatic N) is 2. The molecule has 2 amide bonds. The Balaban J connectivity index is 2.05. The van der Waals surface area contributed by atoms with E-state index >= 15 is 0 Å². The molecular weight excluding hydrogens is 278 g/mol. The summed E-state index contributed by atoms with van der Waals surface area (Å²) in [5, 5.41) is 8.69. The molecule has 0 radical (unpaired) electrons. The third kappa shape index (κ3) is 3.36. The fourth-order valence-electron chi connectivity index (χ4n) is 1.97. The summed E-state index contributed by atoms with van der Waals surface area (Å²) >= 11 is 5.93. The second-order valence-electron chi connectivity index (χ2n) is 4.71. The number of carbonyl (C=O) groups is 2. The molecule has 2 rings (SSSR count). The number of rotatable bonds is 3. The molecule has 0 saturated heterocycles.